The number of carbonyl (C=O) groups excluding carboxylic acids is 1. The predicted octanol–water partition coefficient (Wildman–Crippen LogP) is 3.49. The fourth-order valence-electron chi connectivity index (χ4n) is 3.03. The highest BCUT2D eigenvalue weighted by Crippen LogP contribution is 2.40. The summed E-state index contributed by atoms with van der Waals surface area (Å²) in [7, 11) is -3.87. The summed E-state index contributed by atoms with van der Waals surface area (Å²) in [5.74, 6) is -0.833. The molecule has 144 valence electrons. The van der Waals surface area contributed by atoms with Gasteiger partial charge in [-0.2, -0.15) is 5.26 Å². The van der Waals surface area contributed by atoms with E-state index in [9.17, 15) is 18.5 Å². The smallest absolute Gasteiger partial charge is 0.351 e. The first-order valence-electron chi connectivity index (χ1n) is 8.58. The van der Waals surface area contributed by atoms with Gasteiger partial charge < -0.3 is 4.74 Å². The molecule has 2 aromatic rings. The van der Waals surface area contributed by atoms with E-state index in [2.05, 4.69) is 15.9 Å². The van der Waals surface area contributed by atoms with Gasteiger partial charge in [-0.3, -0.25) is 4.31 Å². The summed E-state index contributed by atoms with van der Waals surface area (Å²) in [5, 5.41) is 9.58. The highest BCUT2D eigenvalue weighted by molar-refractivity contribution is 9.10. The lowest BCUT2D eigenvalue weighted by atomic mass is 10.1. The molecule has 0 saturated heterocycles. The third kappa shape index (κ3) is 3.68. The van der Waals surface area contributed by atoms with Gasteiger partial charge in [0.2, 0.25) is 0 Å². The number of hydrogen-bond acceptors (Lipinski definition) is 5. The van der Waals surface area contributed by atoms with Crippen LogP contribution in [0, 0.1) is 11.3 Å². The summed E-state index contributed by atoms with van der Waals surface area (Å²) in [6, 6.07) is 15.7. The zero-order valence-electron chi connectivity index (χ0n) is 15.1. The zero-order valence-corrected chi connectivity index (χ0v) is 17.5. The zero-order chi connectivity index (χ0) is 20.3. The highest BCUT2D eigenvalue weighted by Gasteiger charge is 2.41. The van der Waals surface area contributed by atoms with Crippen molar-refractivity contribution in [3.63, 3.8) is 0 Å². The number of hydrogen-bond donors (Lipinski definition) is 0. The Hall–Kier alpha value is -2.63. The van der Waals surface area contributed by atoms with E-state index in [4.69, 9.17) is 4.74 Å². The Kier molecular flexibility index (Phi) is 5.87. The van der Waals surface area contributed by atoms with Crippen LogP contribution in [0.2, 0.25) is 0 Å². The molecule has 0 saturated carbocycles. The average Bonchev–Trinajstić information content (AvgIpc) is 2.90. The first-order chi connectivity index (χ1) is 13.4. The summed E-state index contributed by atoms with van der Waals surface area (Å²) in [4.78, 5) is 12.4. The Labute approximate surface area is 172 Å². The molecule has 3 rings (SSSR count). The lowest BCUT2D eigenvalue weighted by molar-refractivity contribution is -0.137. The maximum atomic E-state index is 13.1. The molecule has 28 heavy (non-hydrogen) atoms. The number of ether oxygens (including phenoxy) is 1. The van der Waals surface area contributed by atoms with Gasteiger partial charge in [0, 0.05) is 16.6 Å². The van der Waals surface area contributed by atoms with Gasteiger partial charge >= 0.3 is 5.97 Å². The Morgan fingerprint density at radius 3 is 2.50 bits per heavy atom. The van der Waals surface area contributed by atoms with Gasteiger partial charge in [-0.1, -0.05) is 46.3 Å². The van der Waals surface area contributed by atoms with Crippen LogP contribution in [-0.4, -0.2) is 31.8 Å². The summed E-state index contributed by atoms with van der Waals surface area (Å²) >= 11 is 3.37. The molecule has 8 heteroatoms. The van der Waals surface area contributed by atoms with Crippen LogP contribution >= 0.6 is 15.9 Å². The fourth-order valence-corrected chi connectivity index (χ4v) is 4.99. The van der Waals surface area contributed by atoms with Gasteiger partial charge in [0.15, 0.2) is 5.57 Å². The number of nitriles is 1. The second-order valence-corrected chi connectivity index (χ2v) is 8.75. The van der Waals surface area contributed by atoms with Crippen molar-refractivity contribution in [3.05, 3.63) is 69.7 Å². The molecule has 0 atom stereocenters. The van der Waals surface area contributed by atoms with Crippen molar-refractivity contribution < 1.29 is 17.9 Å². The third-order valence-corrected chi connectivity index (χ3v) is 6.69. The van der Waals surface area contributed by atoms with Gasteiger partial charge in [-0.05, 0) is 37.1 Å². The molecule has 0 amide bonds. The van der Waals surface area contributed by atoms with E-state index in [1.54, 1.807) is 25.1 Å². The highest BCUT2D eigenvalue weighted by atomic mass is 79.9. The van der Waals surface area contributed by atoms with Crippen LogP contribution in [0.4, 0.5) is 0 Å². The number of carbonyl (C=O) groups is 1. The quantitative estimate of drug-likeness (QED) is 0.387. The average molecular weight is 461 g/mol. The van der Waals surface area contributed by atoms with Crippen molar-refractivity contribution in [2.24, 2.45) is 0 Å². The molecular weight excluding hydrogens is 444 g/mol. The minimum atomic E-state index is -3.87. The molecule has 0 fully saturated rings. The summed E-state index contributed by atoms with van der Waals surface area (Å²) in [6.45, 7) is 1.81. The number of sulfonamides is 1. The molecule has 0 radical (unpaired) electrons. The SMILES string of the molecule is CCOC(=O)/C(C#N)=C1/c2ccccc2S(=O)(=O)N1CCc1ccc(Br)cc1. The number of rotatable bonds is 5. The molecule has 0 N–H and O–H groups in total. The maximum absolute atomic E-state index is 13.1. The summed E-state index contributed by atoms with van der Waals surface area (Å²) in [5.41, 5.74) is 1.03. The van der Waals surface area contributed by atoms with E-state index in [-0.39, 0.29) is 29.3 Å². The largest absolute Gasteiger partial charge is 0.462 e. The number of benzene rings is 2. The number of nitrogens with zero attached hydrogens (tertiary/aromatic N) is 2. The first-order valence-corrected chi connectivity index (χ1v) is 10.8. The minimum Gasteiger partial charge on any atom is -0.462 e. The fraction of sp³-hybridized carbons (Fsp3) is 0.200. The molecular formula is C20H17BrN2O4S. The summed E-state index contributed by atoms with van der Waals surface area (Å²) in [6.07, 6.45) is 0.422. The van der Waals surface area contributed by atoms with E-state index in [1.807, 2.05) is 30.3 Å². The van der Waals surface area contributed by atoms with Gasteiger partial charge in [0.25, 0.3) is 10.0 Å². The Morgan fingerprint density at radius 1 is 1.18 bits per heavy atom. The normalized spacial score (nSPS) is 16.2. The van der Waals surface area contributed by atoms with E-state index in [0.29, 0.717) is 12.0 Å². The third-order valence-electron chi connectivity index (χ3n) is 4.30. The van der Waals surface area contributed by atoms with Crippen LogP contribution < -0.4 is 0 Å². The van der Waals surface area contributed by atoms with Crippen LogP contribution in [0.1, 0.15) is 18.1 Å². The second kappa shape index (κ2) is 8.17. The number of halogens is 1. The molecule has 0 bridgehead atoms. The Morgan fingerprint density at radius 2 is 1.86 bits per heavy atom. The standard InChI is InChI=1S/C20H17BrN2O4S/c1-2-27-20(24)17(13-22)19-16-5-3-4-6-18(16)28(25,26)23(19)12-11-14-7-9-15(21)10-8-14/h3-10H,2,11-12H2,1H3/b19-17-. The number of fused-ring (bicyclic) bond motifs is 1. The first kappa shape index (κ1) is 20.1. The van der Waals surface area contributed by atoms with E-state index < -0.39 is 16.0 Å². The number of esters is 1. The molecule has 0 spiro atoms. The lowest BCUT2D eigenvalue weighted by Gasteiger charge is -2.20. The van der Waals surface area contributed by atoms with Gasteiger partial charge in [0.1, 0.15) is 6.07 Å². The molecule has 1 heterocycles. The van der Waals surface area contributed by atoms with Crippen molar-refractivity contribution in [2.45, 2.75) is 18.2 Å². The molecule has 0 unspecified atom stereocenters. The van der Waals surface area contributed by atoms with Gasteiger partial charge in [-0.25, -0.2) is 13.2 Å². The van der Waals surface area contributed by atoms with Crippen molar-refractivity contribution in [1.29, 1.82) is 5.26 Å². The van der Waals surface area contributed by atoms with Crippen LogP contribution in [0.5, 0.6) is 0 Å². The minimum absolute atomic E-state index is 0.0775. The van der Waals surface area contributed by atoms with Crippen LogP contribution in [0.3, 0.4) is 0 Å². The van der Waals surface area contributed by atoms with Crippen molar-refractivity contribution in [3.8, 4) is 6.07 Å². The molecule has 0 aromatic heterocycles. The Balaban J connectivity index is 2.08. The molecule has 1 aliphatic rings. The van der Waals surface area contributed by atoms with E-state index in [1.165, 1.54) is 6.07 Å². The maximum Gasteiger partial charge on any atom is 0.351 e. The lowest BCUT2D eigenvalue weighted by Crippen LogP contribution is -2.28. The molecule has 0 aliphatic carbocycles. The van der Waals surface area contributed by atoms with Crippen LogP contribution in [-0.2, 0) is 26.0 Å². The van der Waals surface area contributed by atoms with E-state index >= 15 is 0 Å². The molecule has 1 aliphatic heterocycles. The molecule has 6 nitrogen and oxygen atoms in total. The predicted molar refractivity (Wildman–Crippen MR) is 107 cm³/mol. The van der Waals surface area contributed by atoms with Crippen molar-refractivity contribution in [2.75, 3.05) is 13.2 Å². The monoisotopic (exact) mass is 460 g/mol. The van der Waals surface area contributed by atoms with Crippen molar-refractivity contribution >= 4 is 37.6 Å². The van der Waals surface area contributed by atoms with Crippen LogP contribution in [0.25, 0.3) is 5.70 Å². The molecule has 2 aromatic carbocycles. The van der Waals surface area contributed by atoms with Gasteiger partial charge in [0.05, 0.1) is 17.2 Å². The topological polar surface area (TPSA) is 87.5 Å². The van der Waals surface area contributed by atoms with Gasteiger partial charge in [-0.15, -0.1) is 0 Å². The van der Waals surface area contributed by atoms with Crippen molar-refractivity contribution in [1.82, 2.24) is 4.31 Å². The summed E-state index contributed by atoms with van der Waals surface area (Å²) < 4.78 is 33.2. The van der Waals surface area contributed by atoms with E-state index in [0.717, 1.165) is 14.3 Å². The van der Waals surface area contributed by atoms with Crippen LogP contribution in [0.15, 0.2) is 63.5 Å². The second-order valence-electron chi connectivity index (χ2n) is 6.01. The Bertz CT molecular complexity index is 1090.